The van der Waals surface area contributed by atoms with Gasteiger partial charge in [0.25, 0.3) is 0 Å². The Kier molecular flexibility index (Phi) is 7.14. The van der Waals surface area contributed by atoms with Crippen molar-refractivity contribution in [3.63, 3.8) is 0 Å². The number of rotatable bonds is 7. The maximum absolute atomic E-state index is 13.3. The number of esters is 1. The molecular weight excluding hydrogens is 620 g/mol. The maximum atomic E-state index is 13.3. The van der Waals surface area contributed by atoms with Gasteiger partial charge in [-0.2, -0.15) is 0 Å². The molecule has 1 spiro atoms. The number of benzene rings is 4. The average Bonchev–Trinajstić information content (AvgIpc) is 3.40. The summed E-state index contributed by atoms with van der Waals surface area (Å²) < 4.78 is 12.4. The largest absolute Gasteiger partial charge is 0.508 e. The number of aromatic nitrogens is 2. The summed E-state index contributed by atoms with van der Waals surface area (Å²) in [7, 11) is 0. The second-order valence-electron chi connectivity index (χ2n) is 11.7. The first-order valence-corrected chi connectivity index (χ1v) is 15.5. The summed E-state index contributed by atoms with van der Waals surface area (Å²) in [4.78, 5) is 24.4. The summed E-state index contributed by atoms with van der Waals surface area (Å²) in [6.45, 7) is 0.904. The number of carbonyl (C=O) groups excluding carboxylic acids is 1. The number of carbonyl (C=O) groups is 1. The lowest BCUT2D eigenvalue weighted by molar-refractivity contribution is 0.0224. The number of nitrogens with two attached hydrogens (primary N) is 1. The normalized spacial score (nSPS) is 15.7. The second kappa shape index (κ2) is 11.8. The van der Waals surface area contributed by atoms with Gasteiger partial charge in [0, 0.05) is 41.3 Å². The van der Waals surface area contributed by atoms with E-state index in [4.69, 9.17) is 15.2 Å². The fourth-order valence-corrected chi connectivity index (χ4v) is 6.36. The van der Waals surface area contributed by atoms with Crippen molar-refractivity contribution < 1.29 is 24.5 Å². The molecule has 8 rings (SSSR count). The van der Waals surface area contributed by atoms with Gasteiger partial charge >= 0.3 is 5.97 Å². The minimum atomic E-state index is -1.42. The first-order valence-electron chi connectivity index (χ1n) is 15.5. The van der Waals surface area contributed by atoms with Crippen LogP contribution in [0.25, 0.3) is 0 Å². The Morgan fingerprint density at radius 1 is 0.714 bits per heavy atom. The van der Waals surface area contributed by atoms with Crippen LogP contribution in [0.15, 0.2) is 132 Å². The molecule has 4 heterocycles. The molecule has 0 amide bonds. The summed E-state index contributed by atoms with van der Waals surface area (Å²) in [6, 6.07) is 31.6. The highest BCUT2D eigenvalue weighted by Crippen LogP contribution is 2.58. The molecule has 2 aliphatic rings. The van der Waals surface area contributed by atoms with Gasteiger partial charge in [0.15, 0.2) is 5.60 Å². The Balaban J connectivity index is 1.23. The van der Waals surface area contributed by atoms with Crippen LogP contribution in [0.1, 0.15) is 38.4 Å². The maximum Gasteiger partial charge on any atom is 0.340 e. The fourth-order valence-electron chi connectivity index (χ4n) is 6.36. The molecule has 0 aliphatic carbocycles. The Labute approximate surface area is 280 Å². The van der Waals surface area contributed by atoms with Crippen molar-refractivity contribution in [2.24, 2.45) is 10.2 Å². The lowest BCUT2D eigenvalue weighted by Gasteiger charge is -2.36. The monoisotopic (exact) mass is 648 g/mol. The van der Waals surface area contributed by atoms with Crippen LogP contribution in [-0.4, -0.2) is 26.2 Å². The van der Waals surface area contributed by atoms with Crippen LogP contribution in [0.2, 0.25) is 0 Å². The van der Waals surface area contributed by atoms with Crippen molar-refractivity contribution >= 4 is 28.7 Å². The van der Waals surface area contributed by atoms with E-state index < -0.39 is 11.6 Å². The number of nitrogen functional groups attached to an aromatic ring is 1. The minimum Gasteiger partial charge on any atom is -0.508 e. The molecule has 0 bridgehead atoms. The number of hydrogen-bond donors (Lipinski definition) is 3. The van der Waals surface area contributed by atoms with Crippen LogP contribution in [0.3, 0.4) is 0 Å². The van der Waals surface area contributed by atoms with E-state index in [0.717, 1.165) is 17.1 Å². The van der Waals surface area contributed by atoms with Gasteiger partial charge < -0.3 is 30.3 Å². The smallest absolute Gasteiger partial charge is 0.340 e. The summed E-state index contributed by atoms with van der Waals surface area (Å²) in [5, 5.41) is 30.6. The van der Waals surface area contributed by atoms with Gasteiger partial charge in [-0.15, -0.1) is 10.2 Å². The third kappa shape index (κ3) is 5.23. The third-order valence-corrected chi connectivity index (χ3v) is 8.56. The third-order valence-electron chi connectivity index (χ3n) is 8.56. The fraction of sp³-hybridized carbons (Fsp3) is 0.0789. The predicted octanol–water partition coefficient (Wildman–Crippen LogP) is 7.66. The van der Waals surface area contributed by atoms with Crippen LogP contribution in [-0.2, 0) is 23.4 Å². The molecule has 2 aliphatic heterocycles. The Morgan fingerprint density at radius 3 is 2.14 bits per heavy atom. The summed E-state index contributed by atoms with van der Waals surface area (Å²) >= 11 is 0. The number of hydrogen-bond acceptors (Lipinski definition) is 11. The van der Waals surface area contributed by atoms with Gasteiger partial charge in [-0.1, -0.05) is 30.3 Å². The molecule has 11 nitrogen and oxygen atoms in total. The molecule has 4 aromatic carbocycles. The van der Waals surface area contributed by atoms with E-state index in [1.807, 2.05) is 54.6 Å². The zero-order chi connectivity index (χ0) is 33.5. The van der Waals surface area contributed by atoms with Gasteiger partial charge in [-0.25, -0.2) is 4.79 Å². The molecule has 1 atom stereocenters. The van der Waals surface area contributed by atoms with E-state index in [0.29, 0.717) is 46.7 Å². The number of phenolic OH excluding ortho intramolecular Hbond substituents is 2. The Hall–Kier alpha value is -6.75. The average molecular weight is 649 g/mol. The molecular formula is C38H28N6O5. The van der Waals surface area contributed by atoms with Crippen LogP contribution in [0.5, 0.6) is 23.0 Å². The highest BCUT2D eigenvalue weighted by Gasteiger charge is 2.53. The van der Waals surface area contributed by atoms with Gasteiger partial charge in [0.1, 0.15) is 34.4 Å². The summed E-state index contributed by atoms with van der Waals surface area (Å²) in [6.07, 6.45) is 3.49. The molecule has 49 heavy (non-hydrogen) atoms. The zero-order valence-electron chi connectivity index (χ0n) is 25.9. The molecule has 0 saturated heterocycles. The quantitative estimate of drug-likeness (QED) is 0.0898. The number of ether oxygens (including phenoxy) is 2. The molecule has 2 aromatic heterocycles. The molecule has 1 unspecified atom stereocenters. The van der Waals surface area contributed by atoms with Crippen molar-refractivity contribution in [1.82, 2.24) is 9.97 Å². The highest BCUT2D eigenvalue weighted by molar-refractivity contribution is 5.97. The number of fused-ring (bicyclic) bond motifs is 6. The topological polar surface area (TPSA) is 156 Å². The summed E-state index contributed by atoms with van der Waals surface area (Å²) in [5.41, 5.74) is 10.2. The number of pyridine rings is 2. The highest BCUT2D eigenvalue weighted by atomic mass is 16.6. The molecule has 240 valence electrons. The van der Waals surface area contributed by atoms with Gasteiger partial charge in [0.05, 0.1) is 41.3 Å². The van der Waals surface area contributed by atoms with Crippen LogP contribution in [0, 0.1) is 0 Å². The molecule has 4 N–H and O–H groups in total. The van der Waals surface area contributed by atoms with Gasteiger partial charge in [-0.3, -0.25) is 9.97 Å². The molecule has 6 aromatic rings. The first-order chi connectivity index (χ1) is 23.9. The molecule has 0 fully saturated rings. The number of aromatic hydroxyl groups is 2. The number of nitrogens with zero attached hydrogens (tertiary/aromatic N) is 5. The van der Waals surface area contributed by atoms with E-state index in [2.05, 4.69) is 25.1 Å². The standard InChI is InChI=1S/C38H28N6O5/c39-23-11-14-33(44(21-24-7-3-5-15-40-24)22-25-8-4-6-16-41-25)31(17-23)42-43-32-19-30-36(20-34(32)46)48-35-18-26(45)12-13-29(35)38(30)28-10-2-1-9-27(28)37(47)49-38/h1-20,45-46H,21-22,39H2/b43-42+. The van der Waals surface area contributed by atoms with E-state index >= 15 is 0 Å². The van der Waals surface area contributed by atoms with Crippen molar-refractivity contribution in [2.75, 3.05) is 10.6 Å². The number of azo groups is 1. The molecule has 0 saturated carbocycles. The predicted molar refractivity (Wildman–Crippen MR) is 181 cm³/mol. The number of phenols is 2. The van der Waals surface area contributed by atoms with Gasteiger partial charge in [-0.05, 0) is 66.7 Å². The summed E-state index contributed by atoms with van der Waals surface area (Å²) in [5.74, 6) is -0.230. The molecule has 0 radical (unpaired) electrons. The van der Waals surface area contributed by atoms with Crippen LogP contribution in [0.4, 0.5) is 22.7 Å². The van der Waals surface area contributed by atoms with E-state index in [9.17, 15) is 15.0 Å². The van der Waals surface area contributed by atoms with Crippen molar-refractivity contribution in [1.29, 1.82) is 0 Å². The first kappa shape index (κ1) is 29.6. The Morgan fingerprint density at radius 2 is 1.41 bits per heavy atom. The van der Waals surface area contributed by atoms with Crippen LogP contribution < -0.4 is 15.4 Å². The lowest BCUT2D eigenvalue weighted by atomic mass is 9.77. The number of anilines is 2. The van der Waals surface area contributed by atoms with Crippen LogP contribution >= 0.6 is 0 Å². The van der Waals surface area contributed by atoms with E-state index in [-0.39, 0.29) is 28.7 Å². The zero-order valence-corrected chi connectivity index (χ0v) is 25.9. The van der Waals surface area contributed by atoms with Crippen molar-refractivity contribution in [2.45, 2.75) is 18.7 Å². The van der Waals surface area contributed by atoms with Gasteiger partial charge in [0.2, 0.25) is 0 Å². The minimum absolute atomic E-state index is 0.0253. The second-order valence-corrected chi connectivity index (χ2v) is 11.7. The van der Waals surface area contributed by atoms with E-state index in [1.165, 1.54) is 18.2 Å². The molecule has 11 heteroatoms. The Bertz CT molecular complexity index is 2220. The SMILES string of the molecule is Nc1ccc(N(Cc2ccccn2)Cc2ccccn2)c(/N=N/c2cc3c(cc2O)Oc2cc(O)ccc2C32OC(=O)c3ccccc32)c1. The van der Waals surface area contributed by atoms with E-state index in [1.54, 1.807) is 48.8 Å². The lowest BCUT2D eigenvalue weighted by Crippen LogP contribution is -2.32. The van der Waals surface area contributed by atoms with Crippen molar-refractivity contribution in [3.05, 3.63) is 155 Å². The van der Waals surface area contributed by atoms with Crippen molar-refractivity contribution in [3.8, 4) is 23.0 Å².